The molecule has 0 aliphatic heterocycles. The van der Waals surface area contributed by atoms with Crippen molar-refractivity contribution in [2.75, 3.05) is 0 Å². The van der Waals surface area contributed by atoms with E-state index in [4.69, 9.17) is 5.73 Å². The molecule has 1 radical (unpaired) electrons. The molecule has 0 amide bonds. The summed E-state index contributed by atoms with van der Waals surface area (Å²) in [6, 6.07) is 0. The van der Waals surface area contributed by atoms with Crippen molar-refractivity contribution in [1.29, 1.82) is 0 Å². The van der Waals surface area contributed by atoms with Gasteiger partial charge in [0.1, 0.15) is 0 Å². The third kappa shape index (κ3) is 2.56. The van der Waals surface area contributed by atoms with Crippen LogP contribution in [0.5, 0.6) is 0 Å². The van der Waals surface area contributed by atoms with Crippen LogP contribution >= 0.6 is 0 Å². The molecule has 2 unspecified atom stereocenters. The molecule has 0 aromatic rings. The Morgan fingerprint density at radius 1 is 2.00 bits per heavy atom. The van der Waals surface area contributed by atoms with Crippen molar-refractivity contribution in [3.8, 4) is 0 Å². The van der Waals surface area contributed by atoms with Gasteiger partial charge in [-0.05, 0) is 6.55 Å². The van der Waals surface area contributed by atoms with Gasteiger partial charge in [0.25, 0.3) is 0 Å². The van der Waals surface area contributed by atoms with Gasteiger partial charge in [-0.25, -0.2) is 0 Å². The van der Waals surface area contributed by atoms with Crippen LogP contribution < -0.4 is 5.73 Å². The molecule has 0 aromatic heterocycles. The Kier molecular flexibility index (Phi) is 2.90. The zero-order chi connectivity index (χ0) is 5.86. The average molecular weight is 116 g/mol. The van der Waals surface area contributed by atoms with Crippen LogP contribution in [0, 0.1) is 0 Å². The van der Waals surface area contributed by atoms with Gasteiger partial charge in [0.2, 0.25) is 9.04 Å². The lowest BCUT2D eigenvalue weighted by Crippen LogP contribution is -2.32. The summed E-state index contributed by atoms with van der Waals surface area (Å²) >= 11 is 0. The largest absolute Gasteiger partial charge is 0.325 e. The van der Waals surface area contributed by atoms with Crippen molar-refractivity contribution in [3.63, 3.8) is 0 Å². The molecule has 0 saturated carbocycles. The van der Waals surface area contributed by atoms with E-state index < -0.39 is 9.04 Å². The van der Waals surface area contributed by atoms with Gasteiger partial charge in [0.05, 0.1) is 0 Å². The van der Waals surface area contributed by atoms with E-state index in [9.17, 15) is 4.80 Å². The molecule has 2 nitrogen and oxygen atoms in total. The first-order valence-electron chi connectivity index (χ1n) is 2.22. The normalized spacial score (nSPS) is 18.1. The Balaban J connectivity index is 3.33. The Morgan fingerprint density at radius 2 is 2.43 bits per heavy atom. The summed E-state index contributed by atoms with van der Waals surface area (Å²) in [7, 11) is -1.85. The van der Waals surface area contributed by atoms with E-state index in [1.54, 1.807) is 6.55 Å². The lowest BCUT2D eigenvalue weighted by molar-refractivity contribution is 0.446. The van der Waals surface area contributed by atoms with Crippen LogP contribution in [0.1, 0.15) is 0 Å². The Bertz CT molecular complexity index is 64.7. The minimum absolute atomic E-state index is 0.250. The third-order valence-electron chi connectivity index (χ3n) is 0.814. The standard InChI is InChI=1S/C4H10NOSi/c1-3-4(5)7(2)6/h3-4,7H,1,5H2,2H3. The molecule has 0 heterocycles. The summed E-state index contributed by atoms with van der Waals surface area (Å²) in [5.74, 6) is 0. The Hall–Kier alpha value is -0.123. The first kappa shape index (κ1) is 6.88. The predicted octanol–water partition coefficient (Wildman–Crippen LogP) is -0.177. The fourth-order valence-corrected chi connectivity index (χ4v) is 0.575. The molecule has 0 fully saturated rings. The monoisotopic (exact) mass is 116 g/mol. The van der Waals surface area contributed by atoms with Crippen molar-refractivity contribution in [3.05, 3.63) is 12.7 Å². The quantitative estimate of drug-likeness (QED) is 0.395. The molecule has 0 bridgehead atoms. The minimum atomic E-state index is -1.85. The van der Waals surface area contributed by atoms with Gasteiger partial charge >= 0.3 is 0 Å². The van der Waals surface area contributed by atoms with Gasteiger partial charge in [-0.3, -0.25) is 0 Å². The maximum absolute atomic E-state index is 10.4. The van der Waals surface area contributed by atoms with Crippen molar-refractivity contribution >= 4 is 9.04 Å². The molecule has 0 aliphatic carbocycles. The fraction of sp³-hybridized carbons (Fsp3) is 0.500. The van der Waals surface area contributed by atoms with Crippen molar-refractivity contribution in [2.24, 2.45) is 5.73 Å². The average Bonchev–Trinajstić information content (AvgIpc) is 1.65. The summed E-state index contributed by atoms with van der Waals surface area (Å²) in [6.45, 7) is 5.05. The second-order valence-corrected chi connectivity index (χ2v) is 3.70. The lowest BCUT2D eigenvalue weighted by Gasteiger charge is -2.01. The van der Waals surface area contributed by atoms with Gasteiger partial charge < -0.3 is 10.5 Å². The van der Waals surface area contributed by atoms with E-state index in [-0.39, 0.29) is 5.67 Å². The van der Waals surface area contributed by atoms with Crippen molar-refractivity contribution in [2.45, 2.75) is 12.2 Å². The van der Waals surface area contributed by atoms with Gasteiger partial charge in [-0.1, -0.05) is 6.08 Å². The molecule has 0 rings (SSSR count). The number of rotatable bonds is 2. The SMILES string of the molecule is C=CC(N)[SiH](C)[O]. The van der Waals surface area contributed by atoms with Gasteiger partial charge in [-0.2, -0.15) is 0 Å². The summed E-state index contributed by atoms with van der Waals surface area (Å²) in [6.07, 6.45) is 1.52. The highest BCUT2D eigenvalue weighted by molar-refractivity contribution is 6.50. The topological polar surface area (TPSA) is 45.9 Å². The molecular formula is C4H10NOSi. The van der Waals surface area contributed by atoms with Crippen molar-refractivity contribution < 1.29 is 4.80 Å². The van der Waals surface area contributed by atoms with Crippen LogP contribution in [0.4, 0.5) is 0 Å². The summed E-state index contributed by atoms with van der Waals surface area (Å²) in [4.78, 5) is 10.4. The maximum atomic E-state index is 10.4. The fourth-order valence-electron chi connectivity index (χ4n) is 0.192. The summed E-state index contributed by atoms with van der Waals surface area (Å²) in [5, 5.41) is 0. The van der Waals surface area contributed by atoms with Crippen LogP contribution in [-0.2, 0) is 4.80 Å². The van der Waals surface area contributed by atoms with E-state index in [2.05, 4.69) is 6.58 Å². The highest BCUT2D eigenvalue weighted by atomic mass is 28.3. The van der Waals surface area contributed by atoms with Crippen molar-refractivity contribution in [1.82, 2.24) is 0 Å². The molecule has 0 aromatic carbocycles. The van der Waals surface area contributed by atoms with Gasteiger partial charge in [0, 0.05) is 5.67 Å². The van der Waals surface area contributed by atoms with Crippen LogP contribution in [0.15, 0.2) is 12.7 Å². The van der Waals surface area contributed by atoms with E-state index in [1.807, 2.05) is 0 Å². The Morgan fingerprint density at radius 3 is 2.43 bits per heavy atom. The molecule has 0 spiro atoms. The van der Waals surface area contributed by atoms with E-state index in [0.29, 0.717) is 0 Å². The first-order valence-corrected chi connectivity index (χ1v) is 4.51. The molecule has 2 atom stereocenters. The third-order valence-corrected chi connectivity index (χ3v) is 2.17. The summed E-state index contributed by atoms with van der Waals surface area (Å²) < 4.78 is 0. The zero-order valence-electron chi connectivity index (χ0n) is 4.42. The maximum Gasteiger partial charge on any atom is 0.239 e. The van der Waals surface area contributed by atoms with Crippen LogP contribution in [0.3, 0.4) is 0 Å². The van der Waals surface area contributed by atoms with E-state index in [0.717, 1.165) is 0 Å². The molecule has 3 heteroatoms. The second-order valence-electron chi connectivity index (χ2n) is 1.52. The minimum Gasteiger partial charge on any atom is -0.325 e. The second kappa shape index (κ2) is 2.96. The van der Waals surface area contributed by atoms with Gasteiger partial charge in [0.15, 0.2) is 0 Å². The predicted molar refractivity (Wildman–Crippen MR) is 31.9 cm³/mol. The lowest BCUT2D eigenvalue weighted by atomic mass is 10.6. The van der Waals surface area contributed by atoms with Crippen LogP contribution in [0.25, 0.3) is 0 Å². The Labute approximate surface area is 45.4 Å². The highest BCUT2D eigenvalue weighted by Crippen LogP contribution is 1.82. The zero-order valence-corrected chi connectivity index (χ0v) is 5.58. The molecular weight excluding hydrogens is 106 g/mol. The van der Waals surface area contributed by atoms with E-state index >= 15 is 0 Å². The number of hydrogen-bond donors (Lipinski definition) is 1. The molecule has 0 saturated heterocycles. The van der Waals surface area contributed by atoms with Gasteiger partial charge in [-0.15, -0.1) is 6.58 Å². The molecule has 7 heavy (non-hydrogen) atoms. The van der Waals surface area contributed by atoms with E-state index in [1.165, 1.54) is 6.08 Å². The highest BCUT2D eigenvalue weighted by Gasteiger charge is 2.07. The van der Waals surface area contributed by atoms with Crippen LogP contribution in [0.2, 0.25) is 6.55 Å². The first-order chi connectivity index (χ1) is 3.18. The number of nitrogens with two attached hydrogens (primary N) is 1. The molecule has 41 valence electrons. The molecule has 2 N–H and O–H groups in total. The number of hydrogen-bond acceptors (Lipinski definition) is 1. The smallest absolute Gasteiger partial charge is 0.239 e. The summed E-state index contributed by atoms with van der Waals surface area (Å²) in [5.41, 5.74) is 5.00. The van der Waals surface area contributed by atoms with Crippen LogP contribution in [-0.4, -0.2) is 14.7 Å². The molecule has 0 aliphatic rings.